The Balaban J connectivity index is 1.37. The molecule has 182 valence electrons. The van der Waals surface area contributed by atoms with Crippen molar-refractivity contribution in [2.24, 2.45) is 0 Å². The number of nitrogens with one attached hydrogen (secondary N) is 1. The van der Waals surface area contributed by atoms with Gasteiger partial charge in [-0.15, -0.1) is 0 Å². The summed E-state index contributed by atoms with van der Waals surface area (Å²) in [5.41, 5.74) is 2.72. The first-order valence-electron chi connectivity index (χ1n) is 11.8. The van der Waals surface area contributed by atoms with Crippen molar-refractivity contribution in [2.75, 3.05) is 31.6 Å². The van der Waals surface area contributed by atoms with Crippen LogP contribution in [0.5, 0.6) is 17.2 Å². The molecule has 1 aliphatic heterocycles. The van der Waals surface area contributed by atoms with Gasteiger partial charge in [-0.3, -0.25) is 9.69 Å². The molecule has 7 heteroatoms. The van der Waals surface area contributed by atoms with Gasteiger partial charge in [0.25, 0.3) is 5.91 Å². The smallest absolute Gasteiger partial charge is 0.337 e. The Hall–Kier alpha value is -3.84. The van der Waals surface area contributed by atoms with E-state index < -0.39 is 11.9 Å². The van der Waals surface area contributed by atoms with Crippen molar-refractivity contribution in [2.45, 2.75) is 26.7 Å². The molecule has 0 radical (unpaired) electrons. The number of aromatic carboxylic acids is 1. The van der Waals surface area contributed by atoms with Gasteiger partial charge in [0.1, 0.15) is 23.9 Å². The maximum Gasteiger partial charge on any atom is 0.337 e. The highest BCUT2D eigenvalue weighted by atomic mass is 16.5. The Morgan fingerprint density at radius 1 is 0.914 bits per heavy atom. The van der Waals surface area contributed by atoms with E-state index in [9.17, 15) is 14.7 Å². The van der Waals surface area contributed by atoms with Crippen molar-refractivity contribution in [1.82, 2.24) is 4.90 Å². The predicted molar refractivity (Wildman–Crippen MR) is 135 cm³/mol. The van der Waals surface area contributed by atoms with Crippen LogP contribution in [0, 0.1) is 13.8 Å². The molecule has 1 heterocycles. The second-order valence-corrected chi connectivity index (χ2v) is 8.64. The van der Waals surface area contributed by atoms with Crippen LogP contribution in [-0.2, 0) is 0 Å². The van der Waals surface area contributed by atoms with Gasteiger partial charge in [-0.1, -0.05) is 12.1 Å². The molecular weight excluding hydrogens is 444 g/mol. The summed E-state index contributed by atoms with van der Waals surface area (Å²) in [6.45, 7) is 7.95. The molecule has 4 rings (SSSR count). The number of nitrogens with zero attached hydrogens (tertiary/aromatic N) is 1. The summed E-state index contributed by atoms with van der Waals surface area (Å²) in [5, 5.41) is 12.0. The average Bonchev–Trinajstić information content (AvgIpc) is 3.37. The molecule has 35 heavy (non-hydrogen) atoms. The molecule has 0 spiro atoms. The van der Waals surface area contributed by atoms with Crippen LogP contribution in [0.2, 0.25) is 0 Å². The molecule has 0 unspecified atom stereocenters. The normalized spacial score (nSPS) is 13.4. The maximum atomic E-state index is 12.6. The molecule has 0 saturated carbocycles. The number of hydrogen-bond donors (Lipinski definition) is 2. The van der Waals surface area contributed by atoms with Gasteiger partial charge in [0.15, 0.2) is 0 Å². The molecule has 0 aromatic heterocycles. The SMILES string of the molecule is Cc1c(OCCN2CCCC2)ccc(Oc2ccc(C(=O)Nc3ccccc3C(=O)O)cc2)c1C. The number of hydrogen-bond acceptors (Lipinski definition) is 5. The molecule has 1 amide bonds. The number of anilines is 1. The van der Waals surface area contributed by atoms with Gasteiger partial charge in [0.05, 0.1) is 11.3 Å². The summed E-state index contributed by atoms with van der Waals surface area (Å²) in [5.74, 6) is 0.688. The summed E-state index contributed by atoms with van der Waals surface area (Å²) in [6, 6.07) is 16.8. The number of rotatable bonds is 9. The van der Waals surface area contributed by atoms with Crippen LogP contribution in [0.3, 0.4) is 0 Å². The quantitative estimate of drug-likeness (QED) is 0.425. The van der Waals surface area contributed by atoms with E-state index in [1.807, 2.05) is 26.0 Å². The summed E-state index contributed by atoms with van der Waals surface area (Å²) in [7, 11) is 0. The third kappa shape index (κ3) is 6.00. The van der Waals surface area contributed by atoms with Gasteiger partial charge in [0, 0.05) is 12.1 Å². The number of likely N-dealkylation sites (tertiary alicyclic amines) is 1. The Kier molecular flexibility index (Phi) is 7.67. The average molecular weight is 475 g/mol. The van der Waals surface area contributed by atoms with Crippen molar-refractivity contribution >= 4 is 17.6 Å². The monoisotopic (exact) mass is 474 g/mol. The van der Waals surface area contributed by atoms with Crippen LogP contribution in [0.15, 0.2) is 60.7 Å². The van der Waals surface area contributed by atoms with Crippen molar-refractivity contribution in [3.05, 3.63) is 82.9 Å². The molecular formula is C28H30N2O5. The lowest BCUT2D eigenvalue weighted by atomic mass is 10.1. The highest BCUT2D eigenvalue weighted by Gasteiger charge is 2.15. The summed E-state index contributed by atoms with van der Waals surface area (Å²) >= 11 is 0. The van der Waals surface area contributed by atoms with Gasteiger partial charge in [-0.25, -0.2) is 4.79 Å². The highest BCUT2D eigenvalue weighted by Crippen LogP contribution is 2.32. The maximum absolute atomic E-state index is 12.6. The third-order valence-corrected chi connectivity index (χ3v) is 6.30. The number of carbonyl (C=O) groups is 2. The Morgan fingerprint density at radius 3 is 2.29 bits per heavy atom. The van der Waals surface area contributed by atoms with Gasteiger partial charge in [0.2, 0.25) is 0 Å². The first-order chi connectivity index (χ1) is 16.9. The third-order valence-electron chi connectivity index (χ3n) is 6.30. The van der Waals surface area contributed by atoms with Crippen molar-refractivity contribution in [3.8, 4) is 17.2 Å². The van der Waals surface area contributed by atoms with Crippen LogP contribution < -0.4 is 14.8 Å². The molecule has 1 saturated heterocycles. The number of carbonyl (C=O) groups excluding carboxylic acids is 1. The van der Waals surface area contributed by atoms with E-state index in [0.29, 0.717) is 17.9 Å². The van der Waals surface area contributed by atoms with Crippen LogP contribution in [0.1, 0.15) is 44.7 Å². The first kappa shape index (κ1) is 24.3. The van der Waals surface area contributed by atoms with Crippen LogP contribution in [-0.4, -0.2) is 48.1 Å². The van der Waals surface area contributed by atoms with E-state index in [1.165, 1.54) is 18.9 Å². The lowest BCUT2D eigenvalue weighted by Gasteiger charge is -2.18. The van der Waals surface area contributed by atoms with E-state index in [-0.39, 0.29) is 11.3 Å². The standard InChI is InChI=1S/C28H30N2O5/c1-19-20(2)26(14-13-25(19)34-18-17-30-15-5-6-16-30)35-22-11-9-21(10-12-22)27(31)29-24-8-4-3-7-23(24)28(32)33/h3-4,7-14H,5-6,15-18H2,1-2H3,(H,29,31)(H,32,33). The minimum atomic E-state index is -1.10. The topological polar surface area (TPSA) is 88.1 Å². The fraction of sp³-hybridized carbons (Fsp3) is 0.286. The largest absolute Gasteiger partial charge is 0.492 e. The van der Waals surface area contributed by atoms with Crippen molar-refractivity contribution in [3.63, 3.8) is 0 Å². The van der Waals surface area contributed by atoms with E-state index in [0.717, 1.165) is 42.3 Å². The predicted octanol–water partition coefficient (Wildman–Crippen LogP) is 5.52. The van der Waals surface area contributed by atoms with Crippen molar-refractivity contribution < 1.29 is 24.2 Å². The summed E-state index contributed by atoms with van der Waals surface area (Å²) < 4.78 is 12.1. The molecule has 7 nitrogen and oxygen atoms in total. The zero-order valence-corrected chi connectivity index (χ0v) is 20.0. The number of para-hydroxylation sites is 1. The lowest BCUT2D eigenvalue weighted by Crippen LogP contribution is -2.25. The minimum absolute atomic E-state index is 0.0371. The molecule has 0 atom stereocenters. The molecule has 0 aliphatic carbocycles. The van der Waals surface area contributed by atoms with E-state index >= 15 is 0 Å². The number of amides is 1. The number of carboxylic acids is 1. The Bertz CT molecular complexity index is 1200. The van der Waals surface area contributed by atoms with E-state index in [1.54, 1.807) is 42.5 Å². The number of carboxylic acid groups (broad SMARTS) is 1. The number of ether oxygens (including phenoxy) is 2. The van der Waals surface area contributed by atoms with Crippen LogP contribution in [0.4, 0.5) is 5.69 Å². The van der Waals surface area contributed by atoms with Gasteiger partial charge in [-0.2, -0.15) is 0 Å². The van der Waals surface area contributed by atoms with Gasteiger partial charge in [-0.05, 0) is 99.4 Å². The molecule has 1 aliphatic rings. The fourth-order valence-electron chi connectivity index (χ4n) is 4.10. The van der Waals surface area contributed by atoms with Crippen LogP contribution >= 0.6 is 0 Å². The Labute approximate surface area is 205 Å². The van der Waals surface area contributed by atoms with Crippen molar-refractivity contribution in [1.29, 1.82) is 0 Å². The number of benzene rings is 3. The summed E-state index contributed by atoms with van der Waals surface area (Å²) in [4.78, 5) is 26.4. The Morgan fingerprint density at radius 2 is 1.57 bits per heavy atom. The zero-order valence-electron chi connectivity index (χ0n) is 20.0. The van der Waals surface area contributed by atoms with E-state index in [2.05, 4.69) is 10.2 Å². The second-order valence-electron chi connectivity index (χ2n) is 8.64. The molecule has 1 fully saturated rings. The minimum Gasteiger partial charge on any atom is -0.492 e. The molecule has 2 N–H and O–H groups in total. The highest BCUT2D eigenvalue weighted by molar-refractivity contribution is 6.07. The zero-order chi connectivity index (χ0) is 24.8. The fourth-order valence-corrected chi connectivity index (χ4v) is 4.10. The molecule has 3 aromatic carbocycles. The van der Waals surface area contributed by atoms with Crippen LogP contribution in [0.25, 0.3) is 0 Å². The van der Waals surface area contributed by atoms with E-state index in [4.69, 9.17) is 9.47 Å². The summed E-state index contributed by atoms with van der Waals surface area (Å²) in [6.07, 6.45) is 2.54. The lowest BCUT2D eigenvalue weighted by molar-refractivity contribution is 0.0698. The molecule has 0 bridgehead atoms. The second kappa shape index (κ2) is 11.1. The molecule has 3 aromatic rings. The van der Waals surface area contributed by atoms with Gasteiger partial charge >= 0.3 is 5.97 Å². The van der Waals surface area contributed by atoms with Gasteiger partial charge < -0.3 is 19.9 Å². The first-order valence-corrected chi connectivity index (χ1v) is 11.8.